The summed E-state index contributed by atoms with van der Waals surface area (Å²) in [5.74, 6) is 0.00565. The van der Waals surface area contributed by atoms with Crippen LogP contribution in [-0.2, 0) is 10.0 Å². The largest absolute Gasteiger partial charge is 0.459 e. The van der Waals surface area contributed by atoms with Crippen molar-refractivity contribution in [2.45, 2.75) is 24.8 Å². The van der Waals surface area contributed by atoms with Crippen LogP contribution in [0.25, 0.3) is 11.7 Å². The van der Waals surface area contributed by atoms with Gasteiger partial charge in [-0.05, 0) is 50.2 Å². The number of nitrogens with one attached hydrogen (secondary N) is 1. The molecule has 1 N–H and O–H groups in total. The summed E-state index contributed by atoms with van der Waals surface area (Å²) in [4.78, 5) is 12.4. The van der Waals surface area contributed by atoms with Crippen LogP contribution in [0.15, 0.2) is 56.4 Å². The first-order valence-electron chi connectivity index (χ1n) is 8.06. The smallest absolute Gasteiger partial charge is 0.322 e. The first kappa shape index (κ1) is 18.8. The second-order valence-electron chi connectivity index (χ2n) is 5.98. The van der Waals surface area contributed by atoms with E-state index in [2.05, 4.69) is 15.5 Å². The lowest BCUT2D eigenvalue weighted by Crippen LogP contribution is -2.33. The zero-order valence-electron chi connectivity index (χ0n) is 14.9. The number of hydrogen-bond acceptors (Lipinski definition) is 7. The Morgan fingerprint density at radius 2 is 1.85 bits per heavy atom. The van der Waals surface area contributed by atoms with Crippen LogP contribution in [0.2, 0.25) is 0 Å². The predicted molar refractivity (Wildman–Crippen MR) is 96.5 cm³/mol. The Bertz CT molecular complexity index is 1020. The van der Waals surface area contributed by atoms with Crippen molar-refractivity contribution < 1.29 is 22.0 Å². The van der Waals surface area contributed by atoms with Crippen LogP contribution in [0.5, 0.6) is 0 Å². The molecule has 3 rings (SSSR count). The van der Waals surface area contributed by atoms with Gasteiger partial charge in [0.2, 0.25) is 10.0 Å². The fraction of sp³-hybridized carbons (Fsp3) is 0.235. The molecule has 10 heteroatoms. The van der Waals surface area contributed by atoms with E-state index in [0.717, 1.165) is 0 Å². The average molecular weight is 390 g/mol. The van der Waals surface area contributed by atoms with E-state index in [0.29, 0.717) is 5.76 Å². The summed E-state index contributed by atoms with van der Waals surface area (Å²) in [6, 6.07) is 8.63. The lowest BCUT2D eigenvalue weighted by molar-refractivity contribution is 0.102. The molecule has 0 aliphatic heterocycles. The number of nitrogens with zero attached hydrogens (tertiary/aromatic N) is 3. The average Bonchev–Trinajstić information content (AvgIpc) is 3.32. The number of sulfonamides is 1. The molecule has 142 valence electrons. The summed E-state index contributed by atoms with van der Waals surface area (Å²) in [6.07, 6.45) is 1.46. The Hall–Kier alpha value is -2.98. The summed E-state index contributed by atoms with van der Waals surface area (Å²) in [7, 11) is -2.10. The third kappa shape index (κ3) is 3.91. The molecule has 3 aromatic rings. The van der Waals surface area contributed by atoms with Crippen LogP contribution in [0.4, 0.5) is 6.01 Å². The third-order valence-corrected chi connectivity index (χ3v) is 5.95. The highest BCUT2D eigenvalue weighted by molar-refractivity contribution is 7.89. The minimum atomic E-state index is -3.61. The van der Waals surface area contributed by atoms with Gasteiger partial charge in [0.05, 0.1) is 11.2 Å². The van der Waals surface area contributed by atoms with Gasteiger partial charge in [0, 0.05) is 18.7 Å². The second kappa shape index (κ2) is 7.33. The van der Waals surface area contributed by atoms with E-state index in [-0.39, 0.29) is 28.4 Å². The van der Waals surface area contributed by atoms with Crippen LogP contribution in [-0.4, -0.2) is 41.9 Å². The molecular weight excluding hydrogens is 372 g/mol. The quantitative estimate of drug-likeness (QED) is 0.687. The minimum Gasteiger partial charge on any atom is -0.459 e. The molecule has 0 unspecified atom stereocenters. The zero-order chi connectivity index (χ0) is 19.6. The fourth-order valence-electron chi connectivity index (χ4n) is 2.16. The van der Waals surface area contributed by atoms with Crippen molar-refractivity contribution in [1.82, 2.24) is 14.5 Å². The molecule has 0 fully saturated rings. The summed E-state index contributed by atoms with van der Waals surface area (Å²) in [5, 5.41) is 9.96. The van der Waals surface area contributed by atoms with Crippen molar-refractivity contribution in [3.05, 3.63) is 48.2 Å². The van der Waals surface area contributed by atoms with Gasteiger partial charge in [-0.25, -0.2) is 8.42 Å². The minimum absolute atomic E-state index is 0.0948. The number of furan rings is 1. The zero-order valence-corrected chi connectivity index (χ0v) is 15.7. The molecule has 1 aromatic carbocycles. The van der Waals surface area contributed by atoms with Gasteiger partial charge in [0.25, 0.3) is 11.8 Å². The number of carbonyl (C=O) groups excluding carboxylic acids is 1. The molecule has 2 heterocycles. The first-order valence-corrected chi connectivity index (χ1v) is 9.50. The first-order chi connectivity index (χ1) is 12.8. The topological polar surface area (TPSA) is 119 Å². The number of hydrogen-bond donors (Lipinski definition) is 1. The van der Waals surface area contributed by atoms with Crippen molar-refractivity contribution in [3.63, 3.8) is 0 Å². The van der Waals surface area contributed by atoms with E-state index < -0.39 is 15.9 Å². The van der Waals surface area contributed by atoms with Crippen molar-refractivity contribution in [3.8, 4) is 11.7 Å². The lowest BCUT2D eigenvalue weighted by Gasteiger charge is -2.20. The van der Waals surface area contributed by atoms with Gasteiger partial charge in [-0.2, -0.15) is 4.31 Å². The maximum absolute atomic E-state index is 12.4. The van der Waals surface area contributed by atoms with E-state index in [1.165, 1.54) is 41.9 Å². The maximum atomic E-state index is 12.4. The van der Waals surface area contributed by atoms with E-state index >= 15 is 0 Å². The molecule has 0 spiro atoms. The van der Waals surface area contributed by atoms with Crippen molar-refractivity contribution in [2.75, 3.05) is 12.4 Å². The highest BCUT2D eigenvalue weighted by Crippen LogP contribution is 2.21. The van der Waals surface area contributed by atoms with Crippen molar-refractivity contribution >= 4 is 21.9 Å². The van der Waals surface area contributed by atoms with E-state index in [9.17, 15) is 13.2 Å². The molecule has 9 nitrogen and oxygen atoms in total. The normalized spacial score (nSPS) is 11.9. The number of anilines is 1. The molecule has 1 amide bonds. The fourth-order valence-corrected chi connectivity index (χ4v) is 3.53. The highest BCUT2D eigenvalue weighted by Gasteiger charge is 2.23. The summed E-state index contributed by atoms with van der Waals surface area (Å²) < 4.78 is 36.6. The van der Waals surface area contributed by atoms with Crippen molar-refractivity contribution in [2.24, 2.45) is 0 Å². The van der Waals surface area contributed by atoms with Gasteiger partial charge in [0.1, 0.15) is 0 Å². The SMILES string of the molecule is CC(C)N(C)S(=O)(=O)c1ccc(C(=O)Nc2nnc(-c3ccco3)o2)cc1. The molecule has 0 aliphatic rings. The molecule has 2 aromatic heterocycles. The Morgan fingerprint density at radius 1 is 1.15 bits per heavy atom. The monoisotopic (exact) mass is 390 g/mol. The Balaban J connectivity index is 1.73. The van der Waals surface area contributed by atoms with Gasteiger partial charge >= 0.3 is 6.01 Å². The third-order valence-electron chi connectivity index (χ3n) is 3.90. The standard InChI is InChI=1S/C17H18N4O5S/c1-11(2)21(3)27(23,24)13-8-6-12(7-9-13)15(22)18-17-20-19-16(26-17)14-5-4-10-25-14/h4-11H,1-3H3,(H,18,20,22). The molecule has 0 saturated heterocycles. The van der Waals surface area contributed by atoms with E-state index in [1.807, 2.05) is 0 Å². The van der Waals surface area contributed by atoms with Crippen LogP contribution in [0.3, 0.4) is 0 Å². The summed E-state index contributed by atoms with van der Waals surface area (Å²) in [5.41, 5.74) is 0.249. The van der Waals surface area contributed by atoms with Gasteiger partial charge in [0.15, 0.2) is 5.76 Å². The van der Waals surface area contributed by atoms with Crippen LogP contribution in [0.1, 0.15) is 24.2 Å². The molecule has 0 saturated carbocycles. The second-order valence-corrected chi connectivity index (χ2v) is 7.98. The molecular formula is C17H18N4O5S. The number of amides is 1. The van der Waals surface area contributed by atoms with Crippen LogP contribution >= 0.6 is 0 Å². The van der Waals surface area contributed by atoms with Gasteiger partial charge < -0.3 is 8.83 Å². The predicted octanol–water partition coefficient (Wildman–Crippen LogP) is 2.61. The van der Waals surface area contributed by atoms with Crippen molar-refractivity contribution in [1.29, 1.82) is 0 Å². The number of aromatic nitrogens is 2. The van der Waals surface area contributed by atoms with Gasteiger partial charge in [-0.1, -0.05) is 5.10 Å². The highest BCUT2D eigenvalue weighted by atomic mass is 32.2. The Kier molecular flexibility index (Phi) is 5.10. The van der Waals surface area contributed by atoms with Crippen LogP contribution < -0.4 is 5.32 Å². The number of rotatable bonds is 6. The van der Waals surface area contributed by atoms with E-state index in [4.69, 9.17) is 8.83 Å². The molecule has 0 radical (unpaired) electrons. The molecule has 0 bridgehead atoms. The molecule has 0 aliphatic carbocycles. The molecule has 27 heavy (non-hydrogen) atoms. The maximum Gasteiger partial charge on any atom is 0.322 e. The van der Waals surface area contributed by atoms with E-state index in [1.54, 1.807) is 26.0 Å². The van der Waals surface area contributed by atoms with Crippen LogP contribution in [0, 0.1) is 0 Å². The van der Waals surface area contributed by atoms with Gasteiger partial charge in [-0.3, -0.25) is 10.1 Å². The summed E-state index contributed by atoms with van der Waals surface area (Å²) >= 11 is 0. The number of benzene rings is 1. The number of carbonyl (C=O) groups is 1. The van der Waals surface area contributed by atoms with Gasteiger partial charge in [-0.15, -0.1) is 5.10 Å². The Morgan fingerprint density at radius 3 is 2.44 bits per heavy atom. The lowest BCUT2D eigenvalue weighted by atomic mass is 10.2. The summed E-state index contributed by atoms with van der Waals surface area (Å²) in [6.45, 7) is 3.56. The Labute approximate surface area is 156 Å². The molecule has 0 atom stereocenters.